The molecule has 0 saturated heterocycles. The van der Waals surface area contributed by atoms with Crippen molar-refractivity contribution in [2.24, 2.45) is 0 Å². The zero-order valence-electron chi connectivity index (χ0n) is 7.16. The lowest BCUT2D eigenvalue weighted by Gasteiger charge is -1.99. The maximum Gasteiger partial charge on any atom is 0.0299 e. The standard InChI is InChI=1S/C11H13N/c1-3-10(2)6-7-11-5-4-8-12-9-11/h3-5,8-9H,1-2,6-7H2. The van der Waals surface area contributed by atoms with Crippen LogP contribution in [0.25, 0.3) is 0 Å². The molecule has 0 aliphatic rings. The molecule has 0 N–H and O–H groups in total. The second-order valence-electron chi connectivity index (χ2n) is 2.72. The molecule has 0 aliphatic heterocycles. The first kappa shape index (κ1) is 8.72. The molecule has 0 aliphatic carbocycles. The highest BCUT2D eigenvalue weighted by Gasteiger charge is 1.92. The van der Waals surface area contributed by atoms with Crippen LogP contribution in [0, 0.1) is 0 Å². The molecule has 0 radical (unpaired) electrons. The zero-order valence-corrected chi connectivity index (χ0v) is 7.16. The van der Waals surface area contributed by atoms with Crippen LogP contribution in [-0.4, -0.2) is 4.98 Å². The molecule has 0 spiro atoms. The Labute approximate surface area is 73.5 Å². The Hall–Kier alpha value is -1.37. The van der Waals surface area contributed by atoms with Gasteiger partial charge >= 0.3 is 0 Å². The van der Waals surface area contributed by atoms with Crippen molar-refractivity contribution in [3.8, 4) is 0 Å². The van der Waals surface area contributed by atoms with Crippen LogP contribution in [0.4, 0.5) is 0 Å². The zero-order chi connectivity index (χ0) is 8.81. The van der Waals surface area contributed by atoms with Crippen molar-refractivity contribution < 1.29 is 0 Å². The van der Waals surface area contributed by atoms with Gasteiger partial charge in [0, 0.05) is 12.4 Å². The van der Waals surface area contributed by atoms with Crippen LogP contribution in [0.1, 0.15) is 12.0 Å². The lowest BCUT2D eigenvalue weighted by atomic mass is 10.1. The van der Waals surface area contributed by atoms with E-state index in [0.29, 0.717) is 0 Å². The predicted octanol–water partition coefficient (Wildman–Crippen LogP) is 2.76. The fraction of sp³-hybridized carbons (Fsp3) is 0.182. The van der Waals surface area contributed by atoms with Crippen molar-refractivity contribution in [1.82, 2.24) is 4.98 Å². The van der Waals surface area contributed by atoms with Gasteiger partial charge < -0.3 is 0 Å². The van der Waals surface area contributed by atoms with Gasteiger partial charge in [-0.1, -0.05) is 30.9 Å². The van der Waals surface area contributed by atoms with E-state index in [1.807, 2.05) is 12.3 Å². The van der Waals surface area contributed by atoms with Crippen LogP contribution in [0.5, 0.6) is 0 Å². The number of aromatic nitrogens is 1. The maximum absolute atomic E-state index is 4.03. The number of nitrogens with zero attached hydrogens (tertiary/aromatic N) is 1. The summed E-state index contributed by atoms with van der Waals surface area (Å²) < 4.78 is 0. The van der Waals surface area contributed by atoms with Gasteiger partial charge in [-0.15, -0.1) is 0 Å². The summed E-state index contributed by atoms with van der Waals surface area (Å²) in [5, 5.41) is 0. The number of hydrogen-bond acceptors (Lipinski definition) is 1. The fourth-order valence-electron chi connectivity index (χ4n) is 0.953. The van der Waals surface area contributed by atoms with Crippen molar-refractivity contribution >= 4 is 0 Å². The van der Waals surface area contributed by atoms with Crippen LogP contribution >= 0.6 is 0 Å². The van der Waals surface area contributed by atoms with E-state index >= 15 is 0 Å². The Balaban J connectivity index is 2.43. The average molecular weight is 159 g/mol. The number of rotatable bonds is 4. The minimum atomic E-state index is 0.967. The lowest BCUT2D eigenvalue weighted by Crippen LogP contribution is -1.86. The SMILES string of the molecule is C=CC(=C)CCc1cccnc1. The quantitative estimate of drug-likeness (QED) is 0.615. The minimum Gasteiger partial charge on any atom is -0.264 e. The molecule has 0 aromatic carbocycles. The first-order valence-corrected chi connectivity index (χ1v) is 4.02. The van der Waals surface area contributed by atoms with Gasteiger partial charge in [-0.3, -0.25) is 4.98 Å². The molecular weight excluding hydrogens is 146 g/mol. The monoisotopic (exact) mass is 159 g/mol. The molecule has 1 nitrogen and oxygen atoms in total. The maximum atomic E-state index is 4.03. The summed E-state index contributed by atoms with van der Waals surface area (Å²) in [7, 11) is 0. The Morgan fingerprint density at radius 1 is 1.58 bits per heavy atom. The topological polar surface area (TPSA) is 12.9 Å². The molecule has 62 valence electrons. The third-order valence-electron chi connectivity index (χ3n) is 1.75. The Bertz CT molecular complexity index is 262. The average Bonchev–Trinajstić information content (AvgIpc) is 2.16. The van der Waals surface area contributed by atoms with Crippen LogP contribution in [0.2, 0.25) is 0 Å². The molecule has 1 aromatic heterocycles. The van der Waals surface area contributed by atoms with Crippen molar-refractivity contribution in [2.75, 3.05) is 0 Å². The molecule has 1 aromatic rings. The summed E-state index contributed by atoms with van der Waals surface area (Å²) in [6, 6.07) is 4.02. The number of allylic oxidation sites excluding steroid dienone is 2. The second-order valence-corrected chi connectivity index (χ2v) is 2.72. The van der Waals surface area contributed by atoms with Gasteiger partial charge in [-0.05, 0) is 24.5 Å². The van der Waals surface area contributed by atoms with Gasteiger partial charge in [0.1, 0.15) is 0 Å². The van der Waals surface area contributed by atoms with Crippen molar-refractivity contribution in [3.63, 3.8) is 0 Å². The summed E-state index contributed by atoms with van der Waals surface area (Å²) >= 11 is 0. The third-order valence-corrected chi connectivity index (χ3v) is 1.75. The van der Waals surface area contributed by atoms with E-state index in [4.69, 9.17) is 0 Å². The Morgan fingerprint density at radius 2 is 2.42 bits per heavy atom. The molecule has 0 bridgehead atoms. The van der Waals surface area contributed by atoms with Gasteiger partial charge in [0.05, 0.1) is 0 Å². The largest absolute Gasteiger partial charge is 0.264 e. The smallest absolute Gasteiger partial charge is 0.0299 e. The van der Waals surface area contributed by atoms with Crippen molar-refractivity contribution in [1.29, 1.82) is 0 Å². The molecule has 0 atom stereocenters. The van der Waals surface area contributed by atoms with Gasteiger partial charge in [0.2, 0.25) is 0 Å². The summed E-state index contributed by atoms with van der Waals surface area (Å²) in [6.45, 7) is 7.51. The summed E-state index contributed by atoms with van der Waals surface area (Å²) in [4.78, 5) is 4.03. The molecule has 1 rings (SSSR count). The summed E-state index contributed by atoms with van der Waals surface area (Å²) in [5.41, 5.74) is 2.33. The molecular formula is C11H13N. The first-order valence-electron chi connectivity index (χ1n) is 4.02. The molecule has 0 unspecified atom stereocenters. The van der Waals surface area contributed by atoms with Gasteiger partial charge in [-0.2, -0.15) is 0 Å². The van der Waals surface area contributed by atoms with E-state index in [1.165, 1.54) is 5.56 Å². The first-order chi connectivity index (χ1) is 5.83. The van der Waals surface area contributed by atoms with Crippen molar-refractivity contribution in [3.05, 3.63) is 54.9 Å². The van der Waals surface area contributed by atoms with Gasteiger partial charge in [-0.25, -0.2) is 0 Å². The number of hydrogen-bond donors (Lipinski definition) is 0. The van der Waals surface area contributed by atoms with E-state index < -0.39 is 0 Å². The lowest BCUT2D eigenvalue weighted by molar-refractivity contribution is 0.959. The molecule has 1 heterocycles. The second kappa shape index (κ2) is 4.50. The Morgan fingerprint density at radius 3 is 3.00 bits per heavy atom. The number of pyridine rings is 1. The molecule has 1 heteroatoms. The molecule has 0 amide bonds. The van der Waals surface area contributed by atoms with Gasteiger partial charge in [0.25, 0.3) is 0 Å². The summed E-state index contributed by atoms with van der Waals surface area (Å²) in [6.07, 6.45) is 7.44. The highest BCUT2D eigenvalue weighted by molar-refractivity contribution is 5.15. The van der Waals surface area contributed by atoms with E-state index in [0.717, 1.165) is 18.4 Å². The third kappa shape index (κ3) is 2.70. The van der Waals surface area contributed by atoms with Crippen LogP contribution < -0.4 is 0 Å². The van der Waals surface area contributed by atoms with Crippen molar-refractivity contribution in [2.45, 2.75) is 12.8 Å². The molecule has 0 saturated carbocycles. The molecule has 0 fully saturated rings. The van der Waals surface area contributed by atoms with Crippen LogP contribution in [0.15, 0.2) is 49.3 Å². The fourth-order valence-corrected chi connectivity index (χ4v) is 0.953. The van der Waals surface area contributed by atoms with Crippen LogP contribution in [-0.2, 0) is 6.42 Å². The van der Waals surface area contributed by atoms with E-state index in [2.05, 4.69) is 24.2 Å². The predicted molar refractivity (Wildman–Crippen MR) is 51.9 cm³/mol. The van der Waals surface area contributed by atoms with Gasteiger partial charge in [0.15, 0.2) is 0 Å². The van der Waals surface area contributed by atoms with Crippen LogP contribution in [0.3, 0.4) is 0 Å². The van der Waals surface area contributed by atoms with E-state index in [1.54, 1.807) is 12.3 Å². The van der Waals surface area contributed by atoms with E-state index in [-0.39, 0.29) is 0 Å². The highest BCUT2D eigenvalue weighted by Crippen LogP contribution is 2.06. The summed E-state index contributed by atoms with van der Waals surface area (Å²) in [5.74, 6) is 0. The normalized spacial score (nSPS) is 9.33. The van der Waals surface area contributed by atoms with E-state index in [9.17, 15) is 0 Å². The minimum absolute atomic E-state index is 0.967. The number of aryl methyl sites for hydroxylation is 1. The Kier molecular flexibility index (Phi) is 3.27. The highest BCUT2D eigenvalue weighted by atomic mass is 14.6. The molecule has 12 heavy (non-hydrogen) atoms.